The van der Waals surface area contributed by atoms with Gasteiger partial charge in [-0.25, -0.2) is 0 Å². The number of primary amides is 1. The Morgan fingerprint density at radius 2 is 2.16 bits per heavy atom. The van der Waals surface area contributed by atoms with E-state index in [1.807, 2.05) is 25.1 Å². The number of nitrogens with one attached hydrogen (secondary N) is 1. The lowest BCUT2D eigenvalue weighted by molar-refractivity contribution is 0.1000. The van der Waals surface area contributed by atoms with Crippen LogP contribution in [0, 0.1) is 18.3 Å². The Morgan fingerprint density at radius 3 is 2.68 bits per heavy atom. The quantitative estimate of drug-likeness (QED) is 0.823. The van der Waals surface area contributed by atoms with Crippen molar-refractivity contribution in [3.63, 3.8) is 0 Å². The van der Waals surface area contributed by atoms with E-state index in [1.54, 1.807) is 0 Å². The molecule has 2 saturated carbocycles. The smallest absolute Gasteiger partial charge is 0.248 e. The number of carbonyl (C=O) groups excluding carboxylic acids is 1. The number of nitrogens with two attached hydrogens (primary N) is 1. The van der Waals surface area contributed by atoms with Crippen molar-refractivity contribution in [2.45, 2.75) is 39.2 Å². The molecule has 3 N–H and O–H groups in total. The predicted octanol–water partition coefficient (Wildman–Crippen LogP) is 2.37. The summed E-state index contributed by atoms with van der Waals surface area (Å²) in [7, 11) is 0. The van der Waals surface area contributed by atoms with Crippen molar-refractivity contribution in [3.8, 4) is 0 Å². The zero-order valence-electron chi connectivity index (χ0n) is 11.5. The standard InChI is InChI=1S/C16H22N2O/c1-11-8-12(15(17)19)2-3-13(11)9-18-10-16(6-7-16)14-4-5-14/h2-3,8,14,18H,4-7,9-10H2,1H3,(H2,17,19). The van der Waals surface area contributed by atoms with Gasteiger partial charge >= 0.3 is 0 Å². The van der Waals surface area contributed by atoms with E-state index in [0.29, 0.717) is 11.0 Å². The molecule has 0 saturated heterocycles. The Kier molecular flexibility index (Phi) is 3.09. The molecule has 0 radical (unpaired) electrons. The summed E-state index contributed by atoms with van der Waals surface area (Å²) in [5.74, 6) is 0.645. The first-order valence-corrected chi connectivity index (χ1v) is 7.21. The Labute approximate surface area is 114 Å². The van der Waals surface area contributed by atoms with E-state index in [-0.39, 0.29) is 5.91 Å². The second-order valence-corrected chi connectivity index (χ2v) is 6.25. The number of hydrogen-bond acceptors (Lipinski definition) is 2. The summed E-state index contributed by atoms with van der Waals surface area (Å²) in [5, 5.41) is 3.60. The molecule has 2 fully saturated rings. The number of carbonyl (C=O) groups is 1. The third kappa shape index (κ3) is 2.66. The summed E-state index contributed by atoms with van der Waals surface area (Å²) in [4.78, 5) is 11.1. The molecule has 3 nitrogen and oxygen atoms in total. The molecule has 1 aromatic carbocycles. The zero-order valence-corrected chi connectivity index (χ0v) is 11.5. The molecule has 1 amide bonds. The summed E-state index contributed by atoms with van der Waals surface area (Å²) >= 11 is 0. The zero-order chi connectivity index (χ0) is 13.5. The van der Waals surface area contributed by atoms with Crippen molar-refractivity contribution >= 4 is 5.91 Å². The van der Waals surface area contributed by atoms with Crippen LogP contribution < -0.4 is 11.1 Å². The normalized spacial score (nSPS) is 20.3. The highest BCUT2D eigenvalue weighted by atomic mass is 16.1. The predicted molar refractivity (Wildman–Crippen MR) is 75.8 cm³/mol. The van der Waals surface area contributed by atoms with Crippen LogP contribution in [-0.2, 0) is 6.54 Å². The van der Waals surface area contributed by atoms with Crippen LogP contribution in [-0.4, -0.2) is 12.5 Å². The summed E-state index contributed by atoms with van der Waals surface area (Å²) in [6.45, 7) is 4.07. The third-order valence-electron chi connectivity index (χ3n) is 4.76. The first-order valence-electron chi connectivity index (χ1n) is 7.21. The van der Waals surface area contributed by atoms with Crippen molar-refractivity contribution in [3.05, 3.63) is 34.9 Å². The summed E-state index contributed by atoms with van der Waals surface area (Å²) in [6, 6.07) is 5.71. The number of rotatable bonds is 6. The highest BCUT2D eigenvalue weighted by molar-refractivity contribution is 5.93. The monoisotopic (exact) mass is 258 g/mol. The Morgan fingerprint density at radius 1 is 1.42 bits per heavy atom. The van der Waals surface area contributed by atoms with Gasteiger partial charge in [0.05, 0.1) is 0 Å². The van der Waals surface area contributed by atoms with E-state index in [4.69, 9.17) is 5.73 Å². The van der Waals surface area contributed by atoms with Crippen molar-refractivity contribution < 1.29 is 4.79 Å². The SMILES string of the molecule is Cc1cc(C(N)=O)ccc1CNCC1(C2CC2)CC1. The second kappa shape index (κ2) is 4.64. The fourth-order valence-electron chi connectivity index (χ4n) is 3.08. The molecule has 3 heteroatoms. The van der Waals surface area contributed by atoms with Crippen molar-refractivity contribution in [2.24, 2.45) is 17.1 Å². The molecule has 0 spiro atoms. The molecular weight excluding hydrogens is 236 g/mol. The van der Waals surface area contributed by atoms with Gasteiger partial charge in [-0.1, -0.05) is 6.07 Å². The summed E-state index contributed by atoms with van der Waals surface area (Å²) in [5.41, 5.74) is 8.92. The van der Waals surface area contributed by atoms with E-state index < -0.39 is 0 Å². The maximum absolute atomic E-state index is 11.1. The van der Waals surface area contributed by atoms with Crippen LogP contribution in [0.25, 0.3) is 0 Å². The van der Waals surface area contributed by atoms with Gasteiger partial charge in [0.25, 0.3) is 0 Å². The van der Waals surface area contributed by atoms with Crippen LogP contribution in [0.2, 0.25) is 0 Å². The maximum Gasteiger partial charge on any atom is 0.248 e. The first kappa shape index (κ1) is 12.7. The average Bonchev–Trinajstić information content (AvgIpc) is 3.24. The summed E-state index contributed by atoms with van der Waals surface area (Å²) < 4.78 is 0. The van der Waals surface area contributed by atoms with Gasteiger partial charge in [-0.15, -0.1) is 0 Å². The average molecular weight is 258 g/mol. The van der Waals surface area contributed by atoms with E-state index in [0.717, 1.165) is 24.6 Å². The lowest BCUT2D eigenvalue weighted by Gasteiger charge is -2.16. The van der Waals surface area contributed by atoms with Crippen LogP contribution in [0.15, 0.2) is 18.2 Å². The highest BCUT2D eigenvalue weighted by Gasteiger charge is 2.53. The van der Waals surface area contributed by atoms with Crippen LogP contribution >= 0.6 is 0 Å². The van der Waals surface area contributed by atoms with Gasteiger partial charge < -0.3 is 11.1 Å². The number of aryl methyl sites for hydroxylation is 1. The minimum atomic E-state index is -0.353. The van der Waals surface area contributed by atoms with E-state index in [9.17, 15) is 4.79 Å². The lowest BCUT2D eigenvalue weighted by atomic mass is 10.00. The van der Waals surface area contributed by atoms with Gasteiger partial charge in [-0.2, -0.15) is 0 Å². The van der Waals surface area contributed by atoms with Crippen LogP contribution in [0.3, 0.4) is 0 Å². The van der Waals surface area contributed by atoms with E-state index in [2.05, 4.69) is 5.32 Å². The highest BCUT2D eigenvalue weighted by Crippen LogP contribution is 2.60. The van der Waals surface area contributed by atoms with Crippen molar-refractivity contribution in [2.75, 3.05) is 6.54 Å². The molecule has 0 heterocycles. The van der Waals surface area contributed by atoms with Crippen LogP contribution in [0.1, 0.15) is 47.2 Å². The van der Waals surface area contributed by atoms with E-state index in [1.165, 1.54) is 31.2 Å². The van der Waals surface area contributed by atoms with Crippen molar-refractivity contribution in [1.82, 2.24) is 5.32 Å². The first-order chi connectivity index (χ1) is 9.11. The van der Waals surface area contributed by atoms with Gasteiger partial charge in [0.15, 0.2) is 0 Å². The number of benzene rings is 1. The van der Waals surface area contributed by atoms with Crippen molar-refractivity contribution in [1.29, 1.82) is 0 Å². The van der Waals surface area contributed by atoms with Gasteiger partial charge in [0.1, 0.15) is 0 Å². The van der Waals surface area contributed by atoms with Gasteiger partial charge in [0, 0.05) is 18.7 Å². The van der Waals surface area contributed by atoms with Crippen LogP contribution in [0.4, 0.5) is 0 Å². The fourth-order valence-corrected chi connectivity index (χ4v) is 3.08. The fraction of sp³-hybridized carbons (Fsp3) is 0.562. The lowest BCUT2D eigenvalue weighted by Crippen LogP contribution is -2.25. The Hall–Kier alpha value is -1.35. The maximum atomic E-state index is 11.1. The molecule has 0 unspecified atom stereocenters. The molecule has 0 atom stereocenters. The molecule has 1 aromatic rings. The minimum absolute atomic E-state index is 0.353. The molecule has 0 aliphatic heterocycles. The van der Waals surface area contributed by atoms with E-state index >= 15 is 0 Å². The second-order valence-electron chi connectivity index (χ2n) is 6.25. The molecule has 3 rings (SSSR count). The summed E-state index contributed by atoms with van der Waals surface area (Å²) in [6.07, 6.45) is 5.69. The van der Waals surface area contributed by atoms with Gasteiger partial charge in [-0.05, 0) is 67.2 Å². The molecule has 102 valence electrons. The molecule has 2 aliphatic carbocycles. The topological polar surface area (TPSA) is 55.1 Å². The Bertz CT molecular complexity index is 501. The molecule has 0 aromatic heterocycles. The number of amides is 1. The minimum Gasteiger partial charge on any atom is -0.366 e. The van der Waals surface area contributed by atoms with Gasteiger partial charge in [-0.3, -0.25) is 4.79 Å². The molecule has 19 heavy (non-hydrogen) atoms. The largest absolute Gasteiger partial charge is 0.366 e. The Balaban J connectivity index is 1.56. The number of hydrogen-bond donors (Lipinski definition) is 2. The van der Waals surface area contributed by atoms with Crippen LogP contribution in [0.5, 0.6) is 0 Å². The third-order valence-corrected chi connectivity index (χ3v) is 4.76. The molecular formula is C16H22N2O. The van der Waals surface area contributed by atoms with Gasteiger partial charge in [0.2, 0.25) is 5.91 Å². The molecule has 0 bridgehead atoms. The molecule has 2 aliphatic rings.